The van der Waals surface area contributed by atoms with Crippen LogP contribution in [-0.2, 0) is 4.74 Å². The van der Waals surface area contributed by atoms with Crippen molar-refractivity contribution in [3.8, 4) is 0 Å². The summed E-state index contributed by atoms with van der Waals surface area (Å²) < 4.78 is 5.30. The van der Waals surface area contributed by atoms with E-state index in [1.807, 2.05) is 6.92 Å². The topological polar surface area (TPSA) is 55.6 Å². The van der Waals surface area contributed by atoms with Gasteiger partial charge in [0.05, 0.1) is 29.8 Å². The van der Waals surface area contributed by atoms with Gasteiger partial charge in [0.25, 0.3) is 5.91 Å². The molecule has 0 aliphatic carbocycles. The van der Waals surface area contributed by atoms with Crippen molar-refractivity contribution in [2.24, 2.45) is 0 Å². The van der Waals surface area contributed by atoms with Crippen LogP contribution in [0.3, 0.4) is 0 Å². The first-order valence-electron chi connectivity index (χ1n) is 5.53. The van der Waals surface area contributed by atoms with Gasteiger partial charge >= 0.3 is 0 Å². The number of ether oxygens (including phenoxy) is 1. The van der Waals surface area contributed by atoms with Crippen LogP contribution in [0.5, 0.6) is 0 Å². The minimum Gasteiger partial charge on any atom is -0.399 e. The van der Waals surface area contributed by atoms with E-state index in [2.05, 4.69) is 0 Å². The maximum absolute atomic E-state index is 12.3. The smallest absolute Gasteiger partial charge is 0.255 e. The molecule has 1 heterocycles. The van der Waals surface area contributed by atoms with Gasteiger partial charge in [-0.1, -0.05) is 11.6 Å². The van der Waals surface area contributed by atoms with E-state index in [1.54, 1.807) is 23.1 Å². The van der Waals surface area contributed by atoms with Gasteiger partial charge < -0.3 is 15.4 Å². The number of anilines is 1. The maximum Gasteiger partial charge on any atom is 0.255 e. The van der Waals surface area contributed by atoms with Crippen LogP contribution in [0.1, 0.15) is 17.3 Å². The quantitative estimate of drug-likeness (QED) is 0.807. The summed E-state index contributed by atoms with van der Waals surface area (Å²) in [6.07, 6.45) is 0. The number of hydrogen-bond donors (Lipinski definition) is 1. The Balaban J connectivity index is 0.00000162. The van der Waals surface area contributed by atoms with Gasteiger partial charge in [0.15, 0.2) is 0 Å². The highest BCUT2D eigenvalue weighted by Crippen LogP contribution is 2.22. The molecule has 2 N–H and O–H groups in total. The first kappa shape index (κ1) is 15.1. The number of carbonyl (C=O) groups excluding carboxylic acids is 1. The molecule has 6 heteroatoms. The lowest BCUT2D eigenvalue weighted by Crippen LogP contribution is -2.47. The fourth-order valence-electron chi connectivity index (χ4n) is 1.89. The van der Waals surface area contributed by atoms with E-state index >= 15 is 0 Å². The molecule has 1 atom stereocenters. The normalized spacial score (nSPS) is 19.2. The lowest BCUT2D eigenvalue weighted by Gasteiger charge is -2.33. The van der Waals surface area contributed by atoms with Gasteiger partial charge in [-0.3, -0.25) is 4.79 Å². The van der Waals surface area contributed by atoms with Crippen LogP contribution < -0.4 is 5.73 Å². The molecule has 1 aliphatic heterocycles. The van der Waals surface area contributed by atoms with Gasteiger partial charge in [0.1, 0.15) is 0 Å². The van der Waals surface area contributed by atoms with Crippen molar-refractivity contribution >= 4 is 35.6 Å². The van der Waals surface area contributed by atoms with E-state index in [0.717, 1.165) is 0 Å². The summed E-state index contributed by atoms with van der Waals surface area (Å²) in [4.78, 5) is 14.1. The van der Waals surface area contributed by atoms with Crippen LogP contribution in [-0.4, -0.2) is 36.6 Å². The molecule has 0 bridgehead atoms. The number of nitrogens with two attached hydrogens (primary N) is 1. The van der Waals surface area contributed by atoms with Crippen molar-refractivity contribution in [3.05, 3.63) is 28.8 Å². The van der Waals surface area contributed by atoms with E-state index < -0.39 is 0 Å². The Morgan fingerprint density at radius 1 is 1.56 bits per heavy atom. The predicted molar refractivity (Wildman–Crippen MR) is 74.4 cm³/mol. The minimum absolute atomic E-state index is 0. The number of nitrogen functional groups attached to an aromatic ring is 1. The SMILES string of the molecule is CC1COCCN1C(=O)c1ccc(N)cc1Cl.Cl. The second-order valence-electron chi connectivity index (χ2n) is 4.16. The van der Waals surface area contributed by atoms with E-state index in [4.69, 9.17) is 22.1 Å². The van der Waals surface area contributed by atoms with Crippen LogP contribution in [0, 0.1) is 0 Å². The summed E-state index contributed by atoms with van der Waals surface area (Å²) in [6.45, 7) is 3.70. The Hall–Kier alpha value is -0.970. The molecule has 1 unspecified atom stereocenters. The van der Waals surface area contributed by atoms with Crippen LogP contribution >= 0.6 is 24.0 Å². The van der Waals surface area contributed by atoms with E-state index in [1.165, 1.54) is 0 Å². The first-order chi connectivity index (χ1) is 8.09. The van der Waals surface area contributed by atoms with Gasteiger partial charge in [0.2, 0.25) is 0 Å². The van der Waals surface area contributed by atoms with Crippen molar-refractivity contribution in [1.29, 1.82) is 0 Å². The van der Waals surface area contributed by atoms with Crippen LogP contribution in [0.15, 0.2) is 18.2 Å². The molecule has 4 nitrogen and oxygen atoms in total. The molecule has 1 fully saturated rings. The van der Waals surface area contributed by atoms with Gasteiger partial charge in [-0.25, -0.2) is 0 Å². The monoisotopic (exact) mass is 290 g/mol. The number of hydrogen-bond acceptors (Lipinski definition) is 3. The van der Waals surface area contributed by atoms with Gasteiger partial charge in [-0.05, 0) is 25.1 Å². The Morgan fingerprint density at radius 2 is 2.28 bits per heavy atom. The maximum atomic E-state index is 12.3. The first-order valence-corrected chi connectivity index (χ1v) is 5.91. The van der Waals surface area contributed by atoms with E-state index in [9.17, 15) is 4.79 Å². The third kappa shape index (κ3) is 3.07. The Morgan fingerprint density at radius 3 is 2.89 bits per heavy atom. The molecule has 0 saturated carbocycles. The summed E-state index contributed by atoms with van der Waals surface area (Å²) in [5.41, 5.74) is 6.66. The van der Waals surface area contributed by atoms with Gasteiger partial charge in [-0.15, -0.1) is 12.4 Å². The predicted octanol–water partition coefficient (Wildman–Crippen LogP) is 2.20. The zero-order valence-corrected chi connectivity index (χ0v) is 11.6. The average Bonchev–Trinajstić information content (AvgIpc) is 2.29. The van der Waals surface area contributed by atoms with Crippen molar-refractivity contribution in [2.45, 2.75) is 13.0 Å². The molecule has 0 radical (unpaired) electrons. The molecule has 0 spiro atoms. The van der Waals surface area contributed by atoms with Crippen molar-refractivity contribution in [2.75, 3.05) is 25.5 Å². The fraction of sp³-hybridized carbons (Fsp3) is 0.417. The number of amides is 1. The Kier molecular flexibility index (Phi) is 5.26. The molecular formula is C12H16Cl2N2O2. The molecule has 1 aliphatic rings. The van der Waals surface area contributed by atoms with Crippen LogP contribution in [0.4, 0.5) is 5.69 Å². The lowest BCUT2D eigenvalue weighted by atomic mass is 10.1. The second-order valence-corrected chi connectivity index (χ2v) is 4.57. The van der Waals surface area contributed by atoms with Crippen molar-refractivity contribution < 1.29 is 9.53 Å². The fourth-order valence-corrected chi connectivity index (χ4v) is 2.16. The Labute approximate surface area is 117 Å². The summed E-state index contributed by atoms with van der Waals surface area (Å²) in [7, 11) is 0. The molecule has 0 aromatic heterocycles. The molecule has 1 aromatic rings. The number of morpholine rings is 1. The highest BCUT2D eigenvalue weighted by molar-refractivity contribution is 6.34. The zero-order chi connectivity index (χ0) is 12.4. The number of nitrogens with zero attached hydrogens (tertiary/aromatic N) is 1. The second kappa shape index (κ2) is 6.27. The summed E-state index contributed by atoms with van der Waals surface area (Å²) in [5.74, 6) is -0.0641. The summed E-state index contributed by atoms with van der Waals surface area (Å²) >= 11 is 6.03. The highest BCUT2D eigenvalue weighted by Gasteiger charge is 2.25. The Bertz CT molecular complexity index is 440. The molecule has 1 amide bonds. The minimum atomic E-state index is -0.0641. The third-order valence-electron chi connectivity index (χ3n) is 2.85. The zero-order valence-electron chi connectivity index (χ0n) is 10.1. The standard InChI is InChI=1S/C12H15ClN2O2.ClH/c1-8-7-17-5-4-15(8)12(16)10-3-2-9(14)6-11(10)13;/h2-3,6,8H,4-5,7,14H2,1H3;1H. The summed E-state index contributed by atoms with van der Waals surface area (Å²) in [5, 5.41) is 0.397. The number of rotatable bonds is 1. The molecule has 1 saturated heterocycles. The third-order valence-corrected chi connectivity index (χ3v) is 3.16. The number of benzene rings is 1. The van der Waals surface area contributed by atoms with Gasteiger partial charge in [-0.2, -0.15) is 0 Å². The van der Waals surface area contributed by atoms with Gasteiger partial charge in [0, 0.05) is 12.2 Å². The van der Waals surface area contributed by atoms with E-state index in [-0.39, 0.29) is 24.4 Å². The largest absolute Gasteiger partial charge is 0.399 e. The highest BCUT2D eigenvalue weighted by atomic mass is 35.5. The number of carbonyl (C=O) groups is 1. The summed E-state index contributed by atoms with van der Waals surface area (Å²) in [6, 6.07) is 5.02. The van der Waals surface area contributed by atoms with Crippen molar-refractivity contribution in [1.82, 2.24) is 4.90 Å². The molecule has 100 valence electrons. The van der Waals surface area contributed by atoms with Crippen molar-refractivity contribution in [3.63, 3.8) is 0 Å². The van der Waals surface area contributed by atoms with E-state index in [0.29, 0.717) is 36.0 Å². The molecule has 18 heavy (non-hydrogen) atoms. The number of halogens is 2. The lowest BCUT2D eigenvalue weighted by molar-refractivity contribution is 0.00360. The molecule has 1 aromatic carbocycles. The average molecular weight is 291 g/mol. The molecular weight excluding hydrogens is 275 g/mol. The van der Waals surface area contributed by atoms with Crippen LogP contribution in [0.25, 0.3) is 0 Å². The molecule has 2 rings (SSSR count). The van der Waals surface area contributed by atoms with Crippen LogP contribution in [0.2, 0.25) is 5.02 Å².